The summed E-state index contributed by atoms with van der Waals surface area (Å²) < 4.78 is 0. The standard InChI is InChI=1S/C15H16ClN/c16-13-6-7-14(17-11-13)15(10-12-4-5-12)8-2-1-3-9-15/h1-3,6-8,11-12H,4-5,9-10H2/t15-/m0/s1. The lowest BCUT2D eigenvalue weighted by molar-refractivity contribution is 0.448. The average molecular weight is 246 g/mol. The van der Waals surface area contributed by atoms with Crippen molar-refractivity contribution in [2.24, 2.45) is 5.92 Å². The normalized spacial score (nSPS) is 27.4. The summed E-state index contributed by atoms with van der Waals surface area (Å²) in [5.74, 6) is 0.892. The second-order valence-electron chi connectivity index (χ2n) is 5.16. The molecule has 0 N–H and O–H groups in total. The van der Waals surface area contributed by atoms with E-state index in [0.29, 0.717) is 5.02 Å². The topological polar surface area (TPSA) is 12.9 Å². The lowest BCUT2D eigenvalue weighted by Gasteiger charge is -2.31. The fraction of sp³-hybridized carbons (Fsp3) is 0.400. The number of aromatic nitrogens is 1. The van der Waals surface area contributed by atoms with E-state index in [1.54, 1.807) is 6.20 Å². The fourth-order valence-electron chi connectivity index (χ4n) is 2.62. The van der Waals surface area contributed by atoms with E-state index in [0.717, 1.165) is 18.0 Å². The third-order valence-corrected chi connectivity index (χ3v) is 3.96. The van der Waals surface area contributed by atoms with Crippen LogP contribution < -0.4 is 0 Å². The highest BCUT2D eigenvalue weighted by Crippen LogP contribution is 2.45. The Balaban J connectivity index is 1.94. The first-order valence-corrected chi connectivity index (χ1v) is 6.63. The molecule has 0 saturated heterocycles. The number of allylic oxidation sites excluding steroid dienone is 4. The minimum absolute atomic E-state index is 0.112. The number of hydrogen-bond acceptors (Lipinski definition) is 1. The van der Waals surface area contributed by atoms with Gasteiger partial charge in [-0.15, -0.1) is 0 Å². The lowest BCUT2D eigenvalue weighted by atomic mass is 9.74. The van der Waals surface area contributed by atoms with Crippen molar-refractivity contribution >= 4 is 11.6 Å². The Morgan fingerprint density at radius 1 is 1.29 bits per heavy atom. The fourth-order valence-corrected chi connectivity index (χ4v) is 2.73. The molecule has 0 spiro atoms. The molecular weight excluding hydrogens is 230 g/mol. The second kappa shape index (κ2) is 4.30. The Morgan fingerprint density at radius 2 is 2.18 bits per heavy atom. The van der Waals surface area contributed by atoms with E-state index in [9.17, 15) is 0 Å². The van der Waals surface area contributed by atoms with Crippen molar-refractivity contribution < 1.29 is 0 Å². The van der Waals surface area contributed by atoms with E-state index in [-0.39, 0.29) is 5.41 Å². The zero-order chi connectivity index (χ0) is 11.7. The van der Waals surface area contributed by atoms with Crippen LogP contribution in [0.3, 0.4) is 0 Å². The van der Waals surface area contributed by atoms with Gasteiger partial charge in [-0.05, 0) is 30.9 Å². The Hall–Kier alpha value is -1.08. The quantitative estimate of drug-likeness (QED) is 0.774. The Bertz CT molecular complexity index is 456. The van der Waals surface area contributed by atoms with Gasteiger partial charge in [0, 0.05) is 11.6 Å². The van der Waals surface area contributed by atoms with Gasteiger partial charge in [-0.2, -0.15) is 0 Å². The van der Waals surface area contributed by atoms with Gasteiger partial charge < -0.3 is 0 Å². The van der Waals surface area contributed by atoms with Crippen LogP contribution in [0.4, 0.5) is 0 Å². The van der Waals surface area contributed by atoms with Crippen molar-refractivity contribution in [1.82, 2.24) is 4.98 Å². The second-order valence-corrected chi connectivity index (χ2v) is 5.59. The molecule has 2 aliphatic rings. The van der Waals surface area contributed by atoms with Gasteiger partial charge in [0.05, 0.1) is 10.7 Å². The predicted octanol–water partition coefficient (Wildman–Crippen LogP) is 4.29. The van der Waals surface area contributed by atoms with Crippen LogP contribution in [-0.2, 0) is 5.41 Å². The summed E-state index contributed by atoms with van der Waals surface area (Å²) in [4.78, 5) is 4.54. The Labute approximate surface area is 107 Å². The van der Waals surface area contributed by atoms with Gasteiger partial charge >= 0.3 is 0 Å². The minimum Gasteiger partial charge on any atom is -0.259 e. The van der Waals surface area contributed by atoms with Crippen LogP contribution in [-0.4, -0.2) is 4.98 Å². The highest BCUT2D eigenvalue weighted by molar-refractivity contribution is 6.30. The van der Waals surface area contributed by atoms with Crippen LogP contribution in [0.25, 0.3) is 0 Å². The third kappa shape index (κ3) is 2.30. The molecule has 0 amide bonds. The zero-order valence-electron chi connectivity index (χ0n) is 9.77. The molecule has 0 unspecified atom stereocenters. The van der Waals surface area contributed by atoms with Crippen LogP contribution in [0, 0.1) is 5.92 Å². The SMILES string of the molecule is Clc1ccc([C@@]2(CC3CC3)C=CC=CC2)nc1. The van der Waals surface area contributed by atoms with Gasteiger partial charge in [-0.25, -0.2) is 0 Å². The largest absolute Gasteiger partial charge is 0.259 e. The molecule has 1 fully saturated rings. The van der Waals surface area contributed by atoms with Crippen LogP contribution in [0.5, 0.6) is 0 Å². The van der Waals surface area contributed by atoms with Crippen LogP contribution in [0.15, 0.2) is 42.6 Å². The number of nitrogens with zero attached hydrogens (tertiary/aromatic N) is 1. The van der Waals surface area contributed by atoms with Crippen molar-refractivity contribution in [1.29, 1.82) is 0 Å². The maximum absolute atomic E-state index is 5.92. The maximum atomic E-state index is 5.92. The predicted molar refractivity (Wildman–Crippen MR) is 71.2 cm³/mol. The molecule has 2 aliphatic carbocycles. The van der Waals surface area contributed by atoms with E-state index in [1.807, 2.05) is 6.07 Å². The average Bonchev–Trinajstić information content (AvgIpc) is 3.15. The number of pyridine rings is 1. The van der Waals surface area contributed by atoms with Crippen LogP contribution in [0.1, 0.15) is 31.4 Å². The summed E-state index contributed by atoms with van der Waals surface area (Å²) >= 11 is 5.92. The lowest BCUT2D eigenvalue weighted by Crippen LogP contribution is -2.26. The van der Waals surface area contributed by atoms with E-state index in [4.69, 9.17) is 11.6 Å². The molecule has 3 rings (SSSR count). The maximum Gasteiger partial charge on any atom is 0.0589 e. The molecular formula is C15H16ClN. The molecule has 1 saturated carbocycles. The summed E-state index contributed by atoms with van der Waals surface area (Å²) in [5, 5.41) is 0.714. The minimum atomic E-state index is 0.112. The molecule has 1 aromatic rings. The zero-order valence-corrected chi connectivity index (χ0v) is 10.5. The van der Waals surface area contributed by atoms with Gasteiger partial charge in [0.1, 0.15) is 0 Å². The van der Waals surface area contributed by atoms with Crippen molar-refractivity contribution in [3.63, 3.8) is 0 Å². The summed E-state index contributed by atoms with van der Waals surface area (Å²) in [6, 6.07) is 4.03. The molecule has 1 atom stereocenters. The molecule has 0 bridgehead atoms. The number of halogens is 1. The number of rotatable bonds is 3. The van der Waals surface area contributed by atoms with Crippen molar-refractivity contribution in [3.05, 3.63) is 53.4 Å². The van der Waals surface area contributed by atoms with E-state index >= 15 is 0 Å². The molecule has 17 heavy (non-hydrogen) atoms. The van der Waals surface area contributed by atoms with Gasteiger partial charge in [0.25, 0.3) is 0 Å². The summed E-state index contributed by atoms with van der Waals surface area (Å²) in [6.07, 6.45) is 15.7. The first kappa shape index (κ1) is 11.0. The van der Waals surface area contributed by atoms with E-state index in [1.165, 1.54) is 19.3 Å². The van der Waals surface area contributed by atoms with Gasteiger partial charge in [-0.3, -0.25) is 4.98 Å². The summed E-state index contributed by atoms with van der Waals surface area (Å²) in [7, 11) is 0. The monoisotopic (exact) mass is 245 g/mol. The summed E-state index contributed by atoms with van der Waals surface area (Å²) in [6.45, 7) is 0. The van der Waals surface area contributed by atoms with Gasteiger partial charge in [0.2, 0.25) is 0 Å². The van der Waals surface area contributed by atoms with Crippen LogP contribution >= 0.6 is 11.6 Å². The van der Waals surface area contributed by atoms with Crippen molar-refractivity contribution in [3.8, 4) is 0 Å². The molecule has 88 valence electrons. The number of hydrogen-bond donors (Lipinski definition) is 0. The van der Waals surface area contributed by atoms with E-state index in [2.05, 4.69) is 35.4 Å². The molecule has 0 aliphatic heterocycles. The molecule has 1 aromatic heterocycles. The Kier molecular flexibility index (Phi) is 2.79. The van der Waals surface area contributed by atoms with Gasteiger partial charge in [-0.1, -0.05) is 48.7 Å². The van der Waals surface area contributed by atoms with Gasteiger partial charge in [0.15, 0.2) is 0 Å². The first-order chi connectivity index (χ1) is 8.28. The molecule has 1 nitrogen and oxygen atoms in total. The highest BCUT2D eigenvalue weighted by Gasteiger charge is 2.37. The highest BCUT2D eigenvalue weighted by atomic mass is 35.5. The third-order valence-electron chi connectivity index (χ3n) is 3.73. The van der Waals surface area contributed by atoms with Crippen molar-refractivity contribution in [2.45, 2.75) is 31.1 Å². The van der Waals surface area contributed by atoms with Crippen LogP contribution in [0.2, 0.25) is 5.02 Å². The first-order valence-electron chi connectivity index (χ1n) is 6.25. The smallest absolute Gasteiger partial charge is 0.0589 e. The molecule has 1 heterocycles. The summed E-state index contributed by atoms with van der Waals surface area (Å²) in [5.41, 5.74) is 1.27. The van der Waals surface area contributed by atoms with E-state index < -0.39 is 0 Å². The molecule has 0 radical (unpaired) electrons. The molecule has 2 heteroatoms. The Morgan fingerprint density at radius 3 is 2.76 bits per heavy atom. The molecule has 0 aromatic carbocycles. The van der Waals surface area contributed by atoms with Crippen molar-refractivity contribution in [2.75, 3.05) is 0 Å².